The van der Waals surface area contributed by atoms with Gasteiger partial charge in [0.2, 0.25) is 5.91 Å². The third-order valence-corrected chi connectivity index (χ3v) is 5.05. The predicted molar refractivity (Wildman–Crippen MR) is 103 cm³/mol. The molecule has 2 amide bonds. The number of nitrogens with zero attached hydrogens (tertiary/aromatic N) is 2. The summed E-state index contributed by atoms with van der Waals surface area (Å²) in [5.41, 5.74) is 3.71. The molecule has 2 aromatic carbocycles. The van der Waals surface area contributed by atoms with Crippen molar-refractivity contribution in [2.75, 3.05) is 26.2 Å². The molecule has 3 rings (SSSR count). The fraction of sp³-hybridized carbons (Fsp3) is 0.364. The zero-order valence-corrected chi connectivity index (χ0v) is 15.9. The lowest BCUT2D eigenvalue weighted by Crippen LogP contribution is -2.38. The highest BCUT2D eigenvalue weighted by atomic mass is 19.1. The first-order valence-corrected chi connectivity index (χ1v) is 9.33. The summed E-state index contributed by atoms with van der Waals surface area (Å²) in [4.78, 5) is 28.9. The van der Waals surface area contributed by atoms with Crippen LogP contribution >= 0.6 is 0 Å². The maximum Gasteiger partial charge on any atom is 0.254 e. The van der Waals surface area contributed by atoms with Gasteiger partial charge in [-0.2, -0.15) is 0 Å². The number of carbonyl (C=O) groups is 2. The van der Waals surface area contributed by atoms with Gasteiger partial charge in [0.15, 0.2) is 0 Å². The third kappa shape index (κ3) is 4.73. The van der Waals surface area contributed by atoms with Crippen molar-refractivity contribution in [1.82, 2.24) is 9.80 Å². The molecular weight excluding hydrogens is 343 g/mol. The summed E-state index contributed by atoms with van der Waals surface area (Å²) in [5, 5.41) is 0. The zero-order valence-electron chi connectivity index (χ0n) is 15.9. The van der Waals surface area contributed by atoms with Crippen LogP contribution in [0.15, 0.2) is 42.5 Å². The Morgan fingerprint density at radius 2 is 1.70 bits per heavy atom. The highest BCUT2D eigenvalue weighted by molar-refractivity contribution is 5.94. The first kappa shape index (κ1) is 19.1. The first-order valence-electron chi connectivity index (χ1n) is 9.33. The lowest BCUT2D eigenvalue weighted by atomic mass is 10.0. The molecule has 1 fully saturated rings. The normalized spacial score (nSPS) is 14.8. The number of rotatable bonds is 3. The van der Waals surface area contributed by atoms with Gasteiger partial charge in [-0.05, 0) is 49.6 Å². The largest absolute Gasteiger partial charge is 0.341 e. The van der Waals surface area contributed by atoms with E-state index in [-0.39, 0.29) is 11.8 Å². The molecule has 1 aliphatic rings. The number of aryl methyl sites for hydroxylation is 2. The molecule has 1 aliphatic heterocycles. The van der Waals surface area contributed by atoms with E-state index in [1.165, 1.54) is 17.7 Å². The van der Waals surface area contributed by atoms with Crippen molar-refractivity contribution in [3.05, 3.63) is 70.5 Å². The minimum atomic E-state index is -0.416. The fourth-order valence-corrected chi connectivity index (χ4v) is 3.49. The van der Waals surface area contributed by atoms with Gasteiger partial charge in [0.05, 0.1) is 6.42 Å². The number of amides is 2. The van der Waals surface area contributed by atoms with Crippen LogP contribution < -0.4 is 0 Å². The van der Waals surface area contributed by atoms with E-state index in [1.807, 2.05) is 30.9 Å². The van der Waals surface area contributed by atoms with Crippen molar-refractivity contribution >= 4 is 11.8 Å². The summed E-state index contributed by atoms with van der Waals surface area (Å²) in [6.45, 7) is 6.24. The van der Waals surface area contributed by atoms with Crippen molar-refractivity contribution in [1.29, 1.82) is 0 Å². The lowest BCUT2D eigenvalue weighted by Gasteiger charge is -2.22. The average Bonchev–Trinajstić information content (AvgIpc) is 2.89. The van der Waals surface area contributed by atoms with Crippen LogP contribution in [0.2, 0.25) is 0 Å². The van der Waals surface area contributed by atoms with Crippen LogP contribution in [-0.2, 0) is 11.2 Å². The summed E-state index contributed by atoms with van der Waals surface area (Å²) in [6, 6.07) is 11.9. The summed E-state index contributed by atoms with van der Waals surface area (Å²) in [7, 11) is 0. The molecule has 142 valence electrons. The van der Waals surface area contributed by atoms with Crippen LogP contribution in [0, 0.1) is 19.7 Å². The molecule has 0 aliphatic carbocycles. The summed E-state index contributed by atoms with van der Waals surface area (Å²) in [5.74, 6) is -0.513. The van der Waals surface area contributed by atoms with E-state index < -0.39 is 5.82 Å². The van der Waals surface area contributed by atoms with Crippen LogP contribution in [0.1, 0.15) is 33.5 Å². The molecule has 27 heavy (non-hydrogen) atoms. The Bertz CT molecular complexity index is 850. The van der Waals surface area contributed by atoms with Gasteiger partial charge in [-0.15, -0.1) is 0 Å². The van der Waals surface area contributed by atoms with Gasteiger partial charge < -0.3 is 9.80 Å². The van der Waals surface area contributed by atoms with E-state index >= 15 is 0 Å². The van der Waals surface area contributed by atoms with Crippen LogP contribution in [-0.4, -0.2) is 47.8 Å². The molecule has 0 spiro atoms. The van der Waals surface area contributed by atoms with E-state index in [4.69, 9.17) is 0 Å². The second-order valence-corrected chi connectivity index (χ2v) is 7.14. The summed E-state index contributed by atoms with van der Waals surface area (Å²) in [6.07, 6.45) is 1.10. The quantitative estimate of drug-likeness (QED) is 0.834. The van der Waals surface area contributed by atoms with Gasteiger partial charge >= 0.3 is 0 Å². The van der Waals surface area contributed by atoms with E-state index in [0.717, 1.165) is 17.5 Å². The SMILES string of the molecule is Cc1ccc(CC(=O)N2CCCN(C(=O)c3cccc(F)c3)CC2)c(C)c1. The second-order valence-electron chi connectivity index (χ2n) is 7.14. The Balaban J connectivity index is 1.62. The summed E-state index contributed by atoms with van der Waals surface area (Å²) >= 11 is 0. The van der Waals surface area contributed by atoms with Crippen LogP contribution in [0.4, 0.5) is 4.39 Å². The zero-order chi connectivity index (χ0) is 19.4. The molecule has 4 nitrogen and oxygen atoms in total. The second kappa shape index (κ2) is 8.33. The first-order chi connectivity index (χ1) is 12.9. The lowest BCUT2D eigenvalue weighted by molar-refractivity contribution is -0.130. The number of hydrogen-bond donors (Lipinski definition) is 0. The van der Waals surface area contributed by atoms with Crippen molar-refractivity contribution in [3.63, 3.8) is 0 Å². The number of hydrogen-bond acceptors (Lipinski definition) is 2. The topological polar surface area (TPSA) is 40.6 Å². The molecule has 0 atom stereocenters. The Labute approximate surface area is 159 Å². The van der Waals surface area contributed by atoms with E-state index in [1.54, 1.807) is 17.0 Å². The van der Waals surface area contributed by atoms with Gasteiger partial charge in [-0.25, -0.2) is 4.39 Å². The Kier molecular flexibility index (Phi) is 5.89. The van der Waals surface area contributed by atoms with Crippen molar-refractivity contribution < 1.29 is 14.0 Å². The molecule has 0 saturated carbocycles. The maximum atomic E-state index is 13.4. The van der Waals surface area contributed by atoms with E-state index in [2.05, 4.69) is 6.07 Å². The van der Waals surface area contributed by atoms with Gasteiger partial charge in [0, 0.05) is 31.7 Å². The van der Waals surface area contributed by atoms with Crippen LogP contribution in [0.5, 0.6) is 0 Å². The van der Waals surface area contributed by atoms with Crippen molar-refractivity contribution in [2.24, 2.45) is 0 Å². The number of halogens is 1. The molecule has 0 radical (unpaired) electrons. The smallest absolute Gasteiger partial charge is 0.254 e. The van der Waals surface area contributed by atoms with E-state index in [0.29, 0.717) is 38.2 Å². The minimum absolute atomic E-state index is 0.0852. The van der Waals surface area contributed by atoms with Crippen molar-refractivity contribution in [3.8, 4) is 0 Å². The predicted octanol–water partition coefficient (Wildman–Crippen LogP) is 3.36. The van der Waals surface area contributed by atoms with Crippen molar-refractivity contribution in [2.45, 2.75) is 26.7 Å². The van der Waals surface area contributed by atoms with Gasteiger partial charge in [-0.1, -0.05) is 29.8 Å². The number of carbonyl (C=O) groups excluding carboxylic acids is 2. The standard InChI is InChI=1S/C22H25FN2O2/c1-16-7-8-18(17(2)13-16)15-21(26)24-9-4-10-25(12-11-24)22(27)19-5-3-6-20(23)14-19/h3,5-8,13-14H,4,9-12,15H2,1-2H3. The van der Waals surface area contributed by atoms with Crippen LogP contribution in [0.25, 0.3) is 0 Å². The highest BCUT2D eigenvalue weighted by Crippen LogP contribution is 2.15. The van der Waals surface area contributed by atoms with Gasteiger partial charge in [0.25, 0.3) is 5.91 Å². The van der Waals surface area contributed by atoms with Crippen LogP contribution in [0.3, 0.4) is 0 Å². The maximum absolute atomic E-state index is 13.4. The molecule has 0 bridgehead atoms. The summed E-state index contributed by atoms with van der Waals surface area (Å²) < 4.78 is 13.4. The molecule has 1 saturated heterocycles. The van der Waals surface area contributed by atoms with Gasteiger partial charge in [-0.3, -0.25) is 9.59 Å². The molecule has 0 N–H and O–H groups in total. The Morgan fingerprint density at radius 3 is 2.44 bits per heavy atom. The Hall–Kier alpha value is -2.69. The fourth-order valence-electron chi connectivity index (χ4n) is 3.49. The molecule has 0 unspecified atom stereocenters. The molecular formula is C22H25FN2O2. The number of benzene rings is 2. The average molecular weight is 368 g/mol. The minimum Gasteiger partial charge on any atom is -0.341 e. The van der Waals surface area contributed by atoms with Gasteiger partial charge in [0.1, 0.15) is 5.82 Å². The van der Waals surface area contributed by atoms with E-state index in [9.17, 15) is 14.0 Å². The monoisotopic (exact) mass is 368 g/mol. The molecule has 2 aromatic rings. The molecule has 0 aromatic heterocycles. The molecule has 1 heterocycles. The Morgan fingerprint density at radius 1 is 0.963 bits per heavy atom. The third-order valence-electron chi connectivity index (χ3n) is 5.05. The molecule has 5 heteroatoms. The highest BCUT2D eigenvalue weighted by Gasteiger charge is 2.23.